The van der Waals surface area contributed by atoms with E-state index in [9.17, 15) is 5.21 Å². The molecule has 17 heavy (non-hydrogen) atoms. The lowest BCUT2D eigenvalue weighted by molar-refractivity contribution is -0.766. The Labute approximate surface area is 102 Å². The molecule has 3 heteroatoms. The van der Waals surface area contributed by atoms with Gasteiger partial charge in [0, 0.05) is 4.90 Å². The zero-order valence-corrected chi connectivity index (χ0v) is 10.2. The van der Waals surface area contributed by atoms with Crippen molar-refractivity contribution in [2.24, 2.45) is 5.92 Å². The van der Waals surface area contributed by atoms with Crippen LogP contribution in [0.5, 0.6) is 0 Å². The molecule has 0 radical (unpaired) electrons. The summed E-state index contributed by atoms with van der Waals surface area (Å²) in [6.07, 6.45) is 3.27. The molecule has 1 aromatic rings. The average molecular weight is 231 g/mol. The summed E-state index contributed by atoms with van der Waals surface area (Å²) in [6, 6.07) is 9.98. The fraction of sp³-hybridized carbons (Fsp3) is 0.357. The van der Waals surface area contributed by atoms with Crippen LogP contribution in [0.3, 0.4) is 0 Å². The molecule has 90 valence electrons. The molecular weight excluding hydrogens is 214 g/mol. The summed E-state index contributed by atoms with van der Waals surface area (Å²) in [6.45, 7) is 7.72. The molecule has 0 spiro atoms. The van der Waals surface area contributed by atoms with E-state index in [1.54, 1.807) is 12.3 Å². The Morgan fingerprint density at radius 3 is 2.65 bits per heavy atom. The topological polar surface area (TPSA) is 35.3 Å². The molecule has 0 saturated heterocycles. The summed E-state index contributed by atoms with van der Waals surface area (Å²) >= 11 is 0. The Kier molecular flexibility index (Phi) is 2.92. The lowest BCUT2D eigenvalue weighted by atomic mass is 9.77. The third-order valence-corrected chi connectivity index (χ3v) is 3.60. The van der Waals surface area contributed by atoms with Crippen LogP contribution >= 0.6 is 0 Å². The second-order valence-corrected chi connectivity index (χ2v) is 4.64. The Hall–Kier alpha value is -1.77. The van der Waals surface area contributed by atoms with Gasteiger partial charge in [0.15, 0.2) is 0 Å². The zero-order chi connectivity index (χ0) is 12.5. The predicted molar refractivity (Wildman–Crippen MR) is 67.7 cm³/mol. The van der Waals surface area contributed by atoms with Crippen molar-refractivity contribution in [3.8, 4) is 0 Å². The maximum atomic E-state index is 11.6. The van der Waals surface area contributed by atoms with Gasteiger partial charge in [0.25, 0.3) is 0 Å². The van der Waals surface area contributed by atoms with E-state index >= 15 is 0 Å². The van der Waals surface area contributed by atoms with Crippen LogP contribution in [-0.2, 0) is 4.84 Å². The maximum Gasteiger partial charge on any atom is 0.217 e. The molecule has 0 aromatic heterocycles. The molecule has 1 aliphatic rings. The van der Waals surface area contributed by atoms with Crippen LogP contribution in [0.15, 0.2) is 43.0 Å². The van der Waals surface area contributed by atoms with Gasteiger partial charge in [-0.1, -0.05) is 43.3 Å². The molecule has 0 fully saturated rings. The summed E-state index contributed by atoms with van der Waals surface area (Å²) < 4.78 is 0. The van der Waals surface area contributed by atoms with Crippen LogP contribution in [0.1, 0.15) is 25.3 Å². The van der Waals surface area contributed by atoms with Crippen LogP contribution in [-0.4, -0.2) is 16.7 Å². The third kappa shape index (κ3) is 2.05. The zero-order valence-electron chi connectivity index (χ0n) is 10.2. The standard InChI is InChI=1S/C14H17NO2/c1-4-14(3)11(2)13(10-15(16)17-14)12-8-6-5-7-9-12/h4-11,13H,1H2,2-3H3/t11-,13-,14+/m1/s1. The van der Waals surface area contributed by atoms with E-state index in [2.05, 4.69) is 13.5 Å². The minimum absolute atomic E-state index is 0.0467. The number of rotatable bonds is 2. The van der Waals surface area contributed by atoms with Gasteiger partial charge in [-0.3, -0.25) is 5.21 Å². The second-order valence-electron chi connectivity index (χ2n) is 4.64. The van der Waals surface area contributed by atoms with E-state index in [4.69, 9.17) is 4.84 Å². The first-order valence-corrected chi connectivity index (χ1v) is 5.76. The quantitative estimate of drug-likeness (QED) is 0.579. The van der Waals surface area contributed by atoms with Crippen molar-refractivity contribution in [3.63, 3.8) is 0 Å². The molecule has 3 atom stereocenters. The van der Waals surface area contributed by atoms with Gasteiger partial charge in [-0.25, -0.2) is 0 Å². The maximum absolute atomic E-state index is 11.6. The molecule has 1 aliphatic heterocycles. The first-order valence-electron chi connectivity index (χ1n) is 5.76. The lowest BCUT2D eigenvalue weighted by Crippen LogP contribution is -2.45. The smallest absolute Gasteiger partial charge is 0.217 e. The second kappa shape index (κ2) is 4.24. The largest absolute Gasteiger partial charge is 0.393 e. The van der Waals surface area contributed by atoms with Crippen molar-refractivity contribution in [2.45, 2.75) is 25.4 Å². The summed E-state index contributed by atoms with van der Waals surface area (Å²) in [5.74, 6) is 0.207. The van der Waals surface area contributed by atoms with Crippen molar-refractivity contribution in [3.05, 3.63) is 53.8 Å². The van der Waals surface area contributed by atoms with Gasteiger partial charge >= 0.3 is 0 Å². The van der Waals surface area contributed by atoms with Gasteiger partial charge < -0.3 is 4.84 Å². The van der Waals surface area contributed by atoms with E-state index in [0.29, 0.717) is 4.90 Å². The van der Waals surface area contributed by atoms with Crippen molar-refractivity contribution in [1.82, 2.24) is 0 Å². The van der Waals surface area contributed by atoms with Gasteiger partial charge in [0.05, 0.1) is 11.5 Å². The van der Waals surface area contributed by atoms with E-state index in [1.807, 2.05) is 37.3 Å². The van der Waals surface area contributed by atoms with Crippen molar-refractivity contribution < 1.29 is 9.74 Å². The molecule has 0 saturated carbocycles. The number of hydrogen-bond acceptors (Lipinski definition) is 2. The van der Waals surface area contributed by atoms with Gasteiger partial charge in [-0.15, -0.1) is 6.58 Å². The molecule has 0 N–H and O–H groups in total. The van der Waals surface area contributed by atoms with Crippen molar-refractivity contribution >= 4 is 6.21 Å². The van der Waals surface area contributed by atoms with Crippen LogP contribution < -0.4 is 0 Å². The Balaban J connectivity index is 2.41. The summed E-state index contributed by atoms with van der Waals surface area (Å²) in [5.41, 5.74) is 0.494. The first-order chi connectivity index (χ1) is 8.07. The predicted octanol–water partition coefficient (Wildman–Crippen LogP) is 2.88. The summed E-state index contributed by atoms with van der Waals surface area (Å²) in [5, 5.41) is 11.6. The highest BCUT2D eigenvalue weighted by atomic mass is 16.9. The number of benzene rings is 1. The Bertz CT molecular complexity index is 441. The number of hydrogen-bond donors (Lipinski definition) is 0. The van der Waals surface area contributed by atoms with Crippen molar-refractivity contribution in [2.75, 3.05) is 0 Å². The van der Waals surface area contributed by atoms with E-state index < -0.39 is 5.60 Å². The fourth-order valence-electron chi connectivity index (χ4n) is 2.20. The van der Waals surface area contributed by atoms with Gasteiger partial charge in [-0.2, -0.15) is 0 Å². The van der Waals surface area contributed by atoms with Crippen molar-refractivity contribution in [1.29, 1.82) is 0 Å². The molecule has 1 heterocycles. The summed E-state index contributed by atoms with van der Waals surface area (Å²) in [4.78, 5) is 5.85. The van der Waals surface area contributed by atoms with E-state index in [1.165, 1.54) is 0 Å². The van der Waals surface area contributed by atoms with Gasteiger partial charge in [0.2, 0.25) is 6.21 Å². The van der Waals surface area contributed by atoms with Crippen LogP contribution in [0.2, 0.25) is 0 Å². The Morgan fingerprint density at radius 1 is 1.41 bits per heavy atom. The fourth-order valence-corrected chi connectivity index (χ4v) is 2.20. The van der Waals surface area contributed by atoms with Crippen LogP contribution in [0.4, 0.5) is 0 Å². The molecule has 1 aromatic carbocycles. The SMILES string of the molecule is C=C[C@]1(C)O[N+]([O-])=C[C@@H](c2ccccc2)[C@H]1C. The molecule has 0 amide bonds. The monoisotopic (exact) mass is 231 g/mol. The molecule has 2 rings (SSSR count). The Morgan fingerprint density at radius 2 is 2.06 bits per heavy atom. The van der Waals surface area contributed by atoms with Crippen LogP contribution in [0, 0.1) is 11.1 Å². The van der Waals surface area contributed by atoms with Gasteiger partial charge in [-0.05, 0) is 18.4 Å². The minimum atomic E-state index is -0.628. The highest BCUT2D eigenvalue weighted by Crippen LogP contribution is 2.37. The highest BCUT2D eigenvalue weighted by molar-refractivity contribution is 5.64. The minimum Gasteiger partial charge on any atom is -0.393 e. The molecule has 3 nitrogen and oxygen atoms in total. The normalized spacial score (nSPS) is 32.5. The van der Waals surface area contributed by atoms with Gasteiger partial charge in [0.1, 0.15) is 0 Å². The lowest BCUT2D eigenvalue weighted by Gasteiger charge is -2.40. The third-order valence-electron chi connectivity index (χ3n) is 3.60. The molecule has 0 bridgehead atoms. The van der Waals surface area contributed by atoms with Crippen LogP contribution in [0.25, 0.3) is 0 Å². The molecular formula is C14H17NO2. The number of nitrogens with zero attached hydrogens (tertiary/aromatic N) is 1. The average Bonchev–Trinajstić information content (AvgIpc) is 2.35. The summed E-state index contributed by atoms with van der Waals surface area (Å²) in [7, 11) is 0. The van der Waals surface area contributed by atoms with E-state index in [0.717, 1.165) is 5.56 Å². The molecule has 0 unspecified atom stereocenters. The molecule has 0 aliphatic carbocycles. The van der Waals surface area contributed by atoms with E-state index in [-0.39, 0.29) is 11.8 Å². The first kappa shape index (κ1) is 11.7. The highest BCUT2D eigenvalue weighted by Gasteiger charge is 2.40.